The molecule has 1 aliphatic heterocycles. The molecule has 2 aromatic rings. The zero-order chi connectivity index (χ0) is 17.2. The van der Waals surface area contributed by atoms with Gasteiger partial charge in [-0.3, -0.25) is 4.79 Å². The number of methoxy groups -OCH3 is 1. The molecule has 0 bridgehead atoms. The van der Waals surface area contributed by atoms with E-state index in [4.69, 9.17) is 9.57 Å². The van der Waals surface area contributed by atoms with Gasteiger partial charge >= 0.3 is 0 Å². The Morgan fingerprint density at radius 1 is 1.29 bits per heavy atom. The number of benzene rings is 2. The summed E-state index contributed by atoms with van der Waals surface area (Å²) in [5, 5.41) is 6.75. The molecule has 1 heterocycles. The van der Waals surface area contributed by atoms with E-state index in [2.05, 4.69) is 10.5 Å². The summed E-state index contributed by atoms with van der Waals surface area (Å²) < 4.78 is 18.4. The van der Waals surface area contributed by atoms with Crippen LogP contribution in [0, 0.1) is 5.82 Å². The molecule has 0 spiro atoms. The van der Waals surface area contributed by atoms with Gasteiger partial charge in [0.05, 0.1) is 12.8 Å². The molecule has 1 amide bonds. The van der Waals surface area contributed by atoms with E-state index in [9.17, 15) is 9.18 Å². The van der Waals surface area contributed by atoms with Crippen LogP contribution in [0.1, 0.15) is 18.9 Å². The summed E-state index contributed by atoms with van der Waals surface area (Å²) in [4.78, 5) is 17.9. The second-order valence-corrected chi connectivity index (χ2v) is 5.73. The van der Waals surface area contributed by atoms with Crippen molar-refractivity contribution in [3.8, 4) is 5.75 Å². The Morgan fingerprint density at radius 2 is 2.04 bits per heavy atom. The van der Waals surface area contributed by atoms with Crippen LogP contribution in [0.3, 0.4) is 0 Å². The van der Waals surface area contributed by atoms with Gasteiger partial charge in [0.25, 0.3) is 5.91 Å². The molecule has 3 rings (SSSR count). The predicted molar refractivity (Wildman–Crippen MR) is 88.7 cm³/mol. The third-order valence-corrected chi connectivity index (χ3v) is 3.85. The lowest BCUT2D eigenvalue weighted by Gasteiger charge is -2.20. The Kier molecular flexibility index (Phi) is 4.20. The standard InChI is InChI=1S/C18H17FN2O3/c1-18(17(22)20-14-6-8-15(23-2)9-7-14)11-16(21-24-18)12-4-3-5-13(19)10-12/h3-10H,11H2,1-2H3,(H,20,22). The molecule has 6 heteroatoms. The first-order valence-corrected chi connectivity index (χ1v) is 7.47. The smallest absolute Gasteiger partial charge is 0.271 e. The molecule has 2 aromatic carbocycles. The lowest BCUT2D eigenvalue weighted by Crippen LogP contribution is -2.40. The van der Waals surface area contributed by atoms with Gasteiger partial charge in [-0.25, -0.2) is 4.39 Å². The van der Waals surface area contributed by atoms with E-state index in [0.29, 0.717) is 22.7 Å². The highest BCUT2D eigenvalue weighted by atomic mass is 19.1. The van der Waals surface area contributed by atoms with E-state index < -0.39 is 5.60 Å². The average Bonchev–Trinajstić information content (AvgIpc) is 2.99. The fourth-order valence-corrected chi connectivity index (χ4v) is 2.42. The summed E-state index contributed by atoms with van der Waals surface area (Å²) in [6, 6.07) is 13.0. The van der Waals surface area contributed by atoms with Crippen molar-refractivity contribution in [2.75, 3.05) is 12.4 Å². The van der Waals surface area contributed by atoms with E-state index in [-0.39, 0.29) is 18.1 Å². The van der Waals surface area contributed by atoms with E-state index in [1.165, 1.54) is 12.1 Å². The summed E-state index contributed by atoms with van der Waals surface area (Å²) in [6.45, 7) is 1.65. The molecule has 5 nitrogen and oxygen atoms in total. The van der Waals surface area contributed by atoms with E-state index in [1.807, 2.05) is 0 Å². The first-order valence-electron chi connectivity index (χ1n) is 7.47. The van der Waals surface area contributed by atoms with Gasteiger partial charge in [0.2, 0.25) is 5.60 Å². The predicted octanol–water partition coefficient (Wildman–Crippen LogP) is 3.36. The summed E-state index contributed by atoms with van der Waals surface area (Å²) in [6.07, 6.45) is 0.262. The number of carbonyl (C=O) groups excluding carboxylic acids is 1. The number of nitrogens with zero attached hydrogens (tertiary/aromatic N) is 1. The summed E-state index contributed by atoms with van der Waals surface area (Å²) in [5.41, 5.74) is 0.643. The summed E-state index contributed by atoms with van der Waals surface area (Å²) in [7, 11) is 1.58. The monoisotopic (exact) mass is 328 g/mol. The molecule has 0 radical (unpaired) electrons. The fraction of sp³-hybridized carbons (Fsp3) is 0.222. The van der Waals surface area contributed by atoms with Crippen LogP contribution in [0.15, 0.2) is 53.7 Å². The minimum Gasteiger partial charge on any atom is -0.497 e. The van der Waals surface area contributed by atoms with Crippen LogP contribution < -0.4 is 10.1 Å². The van der Waals surface area contributed by atoms with Crippen LogP contribution in [-0.2, 0) is 9.63 Å². The van der Waals surface area contributed by atoms with E-state index in [0.717, 1.165) is 0 Å². The molecule has 0 saturated carbocycles. The number of nitrogens with one attached hydrogen (secondary N) is 1. The maximum absolute atomic E-state index is 13.3. The molecule has 0 fully saturated rings. The zero-order valence-electron chi connectivity index (χ0n) is 13.4. The quantitative estimate of drug-likeness (QED) is 0.936. The van der Waals surface area contributed by atoms with Crippen molar-refractivity contribution < 1.29 is 18.8 Å². The maximum Gasteiger partial charge on any atom is 0.271 e. The molecular formula is C18H17FN2O3. The number of amides is 1. The Bertz CT molecular complexity index is 789. The third-order valence-electron chi connectivity index (χ3n) is 3.85. The lowest BCUT2D eigenvalue weighted by atomic mass is 9.95. The Labute approximate surface area is 139 Å². The van der Waals surface area contributed by atoms with Crippen molar-refractivity contribution in [3.63, 3.8) is 0 Å². The molecule has 24 heavy (non-hydrogen) atoms. The molecule has 1 aliphatic rings. The van der Waals surface area contributed by atoms with Crippen molar-refractivity contribution in [1.29, 1.82) is 0 Å². The molecular weight excluding hydrogens is 311 g/mol. The highest BCUT2D eigenvalue weighted by Crippen LogP contribution is 2.28. The van der Waals surface area contributed by atoms with Gasteiger partial charge in [0.15, 0.2) is 0 Å². The van der Waals surface area contributed by atoms with Crippen molar-refractivity contribution in [3.05, 3.63) is 59.9 Å². The molecule has 0 saturated heterocycles. The van der Waals surface area contributed by atoms with Gasteiger partial charge in [0, 0.05) is 17.7 Å². The third kappa shape index (κ3) is 3.22. The normalized spacial score (nSPS) is 19.4. The highest BCUT2D eigenvalue weighted by molar-refractivity contribution is 6.07. The van der Waals surface area contributed by atoms with Gasteiger partial charge in [-0.05, 0) is 43.3 Å². The van der Waals surface area contributed by atoms with Gasteiger partial charge in [-0.2, -0.15) is 0 Å². The SMILES string of the molecule is COc1ccc(NC(=O)C2(C)CC(c3cccc(F)c3)=NO2)cc1. The maximum atomic E-state index is 13.3. The van der Waals surface area contributed by atoms with Crippen LogP contribution in [-0.4, -0.2) is 24.3 Å². The fourth-order valence-electron chi connectivity index (χ4n) is 2.42. The van der Waals surface area contributed by atoms with Crippen LogP contribution in [0.5, 0.6) is 5.75 Å². The number of anilines is 1. The van der Waals surface area contributed by atoms with Crippen LogP contribution in [0.4, 0.5) is 10.1 Å². The van der Waals surface area contributed by atoms with E-state index >= 15 is 0 Å². The van der Waals surface area contributed by atoms with Crippen molar-refractivity contribution >= 4 is 17.3 Å². The van der Waals surface area contributed by atoms with Crippen LogP contribution in [0.25, 0.3) is 0 Å². The van der Waals surface area contributed by atoms with Crippen LogP contribution >= 0.6 is 0 Å². The number of hydrogen-bond donors (Lipinski definition) is 1. The summed E-state index contributed by atoms with van der Waals surface area (Å²) >= 11 is 0. The zero-order valence-corrected chi connectivity index (χ0v) is 13.4. The number of hydrogen-bond acceptors (Lipinski definition) is 4. The number of rotatable bonds is 4. The van der Waals surface area contributed by atoms with Gasteiger partial charge in [-0.15, -0.1) is 0 Å². The molecule has 124 valence electrons. The van der Waals surface area contributed by atoms with Crippen LogP contribution in [0.2, 0.25) is 0 Å². The number of oxime groups is 1. The Morgan fingerprint density at radius 3 is 2.71 bits per heavy atom. The molecule has 1 unspecified atom stereocenters. The largest absolute Gasteiger partial charge is 0.497 e. The number of carbonyl (C=O) groups is 1. The topological polar surface area (TPSA) is 59.9 Å². The van der Waals surface area contributed by atoms with Gasteiger partial charge in [0.1, 0.15) is 11.6 Å². The number of ether oxygens (including phenoxy) is 1. The average molecular weight is 328 g/mol. The first-order chi connectivity index (χ1) is 11.5. The lowest BCUT2D eigenvalue weighted by molar-refractivity contribution is -0.135. The van der Waals surface area contributed by atoms with E-state index in [1.54, 1.807) is 50.4 Å². The second kappa shape index (κ2) is 6.31. The Balaban J connectivity index is 1.69. The van der Waals surface area contributed by atoms with Gasteiger partial charge < -0.3 is 14.9 Å². The minimum absolute atomic E-state index is 0.262. The Hall–Kier alpha value is -2.89. The molecule has 1 N–H and O–H groups in total. The van der Waals surface area contributed by atoms with Crippen molar-refractivity contribution in [2.24, 2.45) is 5.16 Å². The molecule has 0 aromatic heterocycles. The summed E-state index contributed by atoms with van der Waals surface area (Å²) in [5.74, 6) is 0.0300. The van der Waals surface area contributed by atoms with Crippen molar-refractivity contribution in [1.82, 2.24) is 0 Å². The van der Waals surface area contributed by atoms with Crippen molar-refractivity contribution in [2.45, 2.75) is 18.9 Å². The minimum atomic E-state index is -1.14. The highest BCUT2D eigenvalue weighted by Gasteiger charge is 2.42. The first kappa shape index (κ1) is 16.0. The molecule has 0 aliphatic carbocycles. The number of halogens is 1. The molecule has 1 atom stereocenters. The van der Waals surface area contributed by atoms with Gasteiger partial charge in [-0.1, -0.05) is 17.3 Å². The second-order valence-electron chi connectivity index (χ2n) is 5.73.